The summed E-state index contributed by atoms with van der Waals surface area (Å²) in [7, 11) is -3.64. The number of fused-ring (bicyclic) bond motifs is 1. The van der Waals surface area contributed by atoms with E-state index in [0.717, 1.165) is 12.3 Å². The lowest BCUT2D eigenvalue weighted by atomic mass is 9.96. The molecule has 10 nitrogen and oxygen atoms in total. The highest BCUT2D eigenvalue weighted by atomic mass is 32.2. The van der Waals surface area contributed by atoms with Crippen molar-refractivity contribution in [2.45, 2.75) is 31.8 Å². The molecule has 0 aromatic heterocycles. The molecule has 0 bridgehead atoms. The van der Waals surface area contributed by atoms with Crippen molar-refractivity contribution in [3.8, 4) is 0 Å². The summed E-state index contributed by atoms with van der Waals surface area (Å²) in [4.78, 5) is 37.3. The van der Waals surface area contributed by atoms with E-state index in [2.05, 4.69) is 52.8 Å². The molecule has 2 aromatic carbocycles. The lowest BCUT2D eigenvalue weighted by molar-refractivity contribution is -0.126. The molecule has 0 aliphatic carbocycles. The predicted molar refractivity (Wildman–Crippen MR) is 143 cm³/mol. The fourth-order valence-corrected chi connectivity index (χ4v) is 5.78. The number of rotatable bonds is 11. The Morgan fingerprint density at radius 2 is 1.76 bits per heavy atom. The van der Waals surface area contributed by atoms with Gasteiger partial charge in [-0.3, -0.25) is 19.3 Å². The first kappa shape index (κ1) is 28.3. The molecule has 0 spiro atoms. The van der Waals surface area contributed by atoms with Gasteiger partial charge in [-0.15, -0.1) is 0 Å². The van der Waals surface area contributed by atoms with Crippen molar-refractivity contribution in [1.29, 1.82) is 0 Å². The number of likely N-dealkylation sites (tertiary alicyclic amines) is 1. The zero-order valence-corrected chi connectivity index (χ0v) is 22.0. The number of benzene rings is 2. The van der Waals surface area contributed by atoms with E-state index >= 15 is 0 Å². The summed E-state index contributed by atoms with van der Waals surface area (Å²) in [6.45, 7) is 2.99. The van der Waals surface area contributed by atoms with Gasteiger partial charge < -0.3 is 16.4 Å². The zero-order chi connectivity index (χ0) is 27.0. The number of carbonyl (C=O) groups is 3. The molecule has 1 atom stereocenters. The van der Waals surface area contributed by atoms with Crippen LogP contribution in [0.1, 0.15) is 31.4 Å². The van der Waals surface area contributed by atoms with Crippen LogP contribution in [0.3, 0.4) is 0 Å². The lowest BCUT2D eigenvalue weighted by Gasteiger charge is -2.39. The molecule has 2 aromatic rings. The van der Waals surface area contributed by atoms with Gasteiger partial charge in [0.25, 0.3) is 0 Å². The number of primary amides is 1. The van der Waals surface area contributed by atoms with Crippen molar-refractivity contribution >= 4 is 38.5 Å². The molecular weight excluding hydrogens is 494 g/mol. The van der Waals surface area contributed by atoms with Crippen LogP contribution in [-0.2, 0) is 24.4 Å². The van der Waals surface area contributed by atoms with Crippen LogP contribution in [0, 0.1) is 0 Å². The highest BCUT2D eigenvalue weighted by Crippen LogP contribution is 2.31. The second-order valence-electron chi connectivity index (χ2n) is 9.21. The van der Waals surface area contributed by atoms with Crippen LogP contribution in [0.15, 0.2) is 54.6 Å². The topological polar surface area (TPSA) is 142 Å². The van der Waals surface area contributed by atoms with E-state index in [1.165, 1.54) is 26.7 Å². The van der Waals surface area contributed by atoms with Gasteiger partial charge in [0.05, 0.1) is 19.3 Å². The van der Waals surface area contributed by atoms with Gasteiger partial charge in [0.15, 0.2) is 0 Å². The van der Waals surface area contributed by atoms with Crippen LogP contribution in [0.25, 0.3) is 10.8 Å². The molecule has 11 heteroatoms. The maximum Gasteiger partial charge on any atom is 0.241 e. The third kappa shape index (κ3) is 8.11. The summed E-state index contributed by atoms with van der Waals surface area (Å²) in [6, 6.07) is 14.4. The van der Waals surface area contributed by atoms with E-state index in [1.807, 2.05) is 12.1 Å². The Morgan fingerprint density at radius 3 is 2.43 bits per heavy atom. The summed E-state index contributed by atoms with van der Waals surface area (Å²) in [5, 5.41) is 7.35. The number of nitrogens with two attached hydrogens (primary N) is 1. The average Bonchev–Trinajstić information content (AvgIpc) is 2.87. The monoisotopic (exact) mass is 529 g/mol. The fraction of sp³-hybridized carbons (Fsp3) is 0.423. The first-order valence-corrected chi connectivity index (χ1v) is 14.1. The second-order valence-corrected chi connectivity index (χ2v) is 11.1. The van der Waals surface area contributed by atoms with E-state index < -0.39 is 27.7 Å². The molecule has 1 aliphatic heterocycles. The van der Waals surface area contributed by atoms with Gasteiger partial charge in [-0.05, 0) is 36.1 Å². The molecule has 1 heterocycles. The lowest BCUT2D eigenvalue weighted by Crippen LogP contribution is -2.51. The molecule has 1 aliphatic rings. The van der Waals surface area contributed by atoms with Crippen molar-refractivity contribution in [3.05, 3.63) is 60.2 Å². The third-order valence-electron chi connectivity index (χ3n) is 6.60. The number of nitrogens with zero attached hydrogens (tertiary/aromatic N) is 2. The van der Waals surface area contributed by atoms with Crippen molar-refractivity contribution in [2.24, 2.45) is 5.73 Å². The fourth-order valence-electron chi connectivity index (χ4n) is 4.68. The molecule has 37 heavy (non-hydrogen) atoms. The average molecular weight is 530 g/mol. The first-order valence-electron chi connectivity index (χ1n) is 12.2. The van der Waals surface area contributed by atoms with Gasteiger partial charge in [-0.2, -0.15) is 4.31 Å². The quantitative estimate of drug-likeness (QED) is 0.369. The zero-order valence-electron chi connectivity index (χ0n) is 21.2. The Kier molecular flexibility index (Phi) is 9.79. The number of sulfonamides is 1. The number of hydrogen-bond acceptors (Lipinski definition) is 6. The van der Waals surface area contributed by atoms with Crippen LogP contribution in [0.2, 0.25) is 0 Å². The van der Waals surface area contributed by atoms with E-state index in [0.29, 0.717) is 25.9 Å². The Labute approximate surface area is 217 Å². The van der Waals surface area contributed by atoms with Crippen LogP contribution < -0.4 is 16.4 Å². The Bertz CT molecular complexity index is 1250. The van der Waals surface area contributed by atoms with E-state index in [4.69, 9.17) is 5.73 Å². The summed E-state index contributed by atoms with van der Waals surface area (Å²) >= 11 is 0. The van der Waals surface area contributed by atoms with Crippen molar-refractivity contribution in [3.63, 3.8) is 0 Å². The van der Waals surface area contributed by atoms with Crippen molar-refractivity contribution < 1.29 is 22.8 Å². The summed E-state index contributed by atoms with van der Waals surface area (Å²) in [5.74, 6) is -1.65. The van der Waals surface area contributed by atoms with Gasteiger partial charge in [0, 0.05) is 37.8 Å². The third-order valence-corrected chi connectivity index (χ3v) is 7.88. The number of nitrogens with one attached hydrogen (secondary N) is 2. The van der Waals surface area contributed by atoms with E-state index in [-0.39, 0.29) is 31.7 Å². The molecular formula is C26H35N5O5S. The maximum absolute atomic E-state index is 12.5. The summed E-state index contributed by atoms with van der Waals surface area (Å²) in [6.07, 6.45) is 4.81. The highest BCUT2D eigenvalue weighted by molar-refractivity contribution is 7.88. The molecule has 4 N–H and O–H groups in total. The molecule has 1 saturated heterocycles. The molecule has 0 saturated carbocycles. The second kappa shape index (κ2) is 12.8. The first-order chi connectivity index (χ1) is 17.6. The number of hydrogen-bond donors (Lipinski definition) is 3. The molecule has 3 amide bonds. The molecule has 3 rings (SSSR count). The van der Waals surface area contributed by atoms with Gasteiger partial charge in [0.1, 0.15) is 0 Å². The van der Waals surface area contributed by atoms with Gasteiger partial charge >= 0.3 is 0 Å². The van der Waals surface area contributed by atoms with E-state index in [1.54, 1.807) is 0 Å². The molecule has 1 fully saturated rings. The van der Waals surface area contributed by atoms with Crippen LogP contribution in [0.5, 0.6) is 0 Å². The standard InChI is InChI=1S/C26H35N5O5S/c1-19(22-10-5-8-20-7-3-4-9-23(20)22)30-15-12-21(13-16-30)31(37(2,35)36)18-26(34)29-17-25(33)28-14-6-11-24(27)32/h3-11,19,21H,12-18H2,1-2H3,(H2,27,32)(H,28,33)(H,29,34)/b11-6+. The molecule has 0 radical (unpaired) electrons. The molecule has 1 unspecified atom stereocenters. The Morgan fingerprint density at radius 1 is 1.08 bits per heavy atom. The normalized spacial score (nSPS) is 16.2. The van der Waals surface area contributed by atoms with Crippen molar-refractivity contribution in [1.82, 2.24) is 19.8 Å². The van der Waals surface area contributed by atoms with Crippen LogP contribution >= 0.6 is 0 Å². The van der Waals surface area contributed by atoms with Gasteiger partial charge in [0.2, 0.25) is 27.7 Å². The van der Waals surface area contributed by atoms with E-state index in [9.17, 15) is 22.8 Å². The van der Waals surface area contributed by atoms with Crippen LogP contribution in [0.4, 0.5) is 0 Å². The highest BCUT2D eigenvalue weighted by Gasteiger charge is 2.33. The summed E-state index contributed by atoms with van der Waals surface area (Å²) < 4.78 is 26.3. The Balaban J connectivity index is 1.55. The number of carbonyl (C=O) groups excluding carboxylic acids is 3. The minimum absolute atomic E-state index is 0.0862. The van der Waals surface area contributed by atoms with Crippen molar-refractivity contribution in [2.75, 3.05) is 39.0 Å². The molecule has 200 valence electrons. The largest absolute Gasteiger partial charge is 0.366 e. The number of amides is 3. The Hall–Kier alpha value is -3.28. The maximum atomic E-state index is 12.5. The minimum Gasteiger partial charge on any atom is -0.366 e. The minimum atomic E-state index is -3.64. The van der Waals surface area contributed by atoms with Gasteiger partial charge in [-0.1, -0.05) is 48.5 Å². The predicted octanol–water partition coefficient (Wildman–Crippen LogP) is 0.901. The summed E-state index contributed by atoms with van der Waals surface area (Å²) in [5.41, 5.74) is 6.20. The van der Waals surface area contributed by atoms with Crippen LogP contribution in [-0.4, -0.2) is 80.4 Å². The smallest absolute Gasteiger partial charge is 0.241 e. The van der Waals surface area contributed by atoms with Gasteiger partial charge in [-0.25, -0.2) is 8.42 Å². The SMILES string of the molecule is CC(c1cccc2ccccc12)N1CCC(N(CC(=O)NCC(=O)NC/C=C/C(N)=O)S(C)(=O)=O)CC1. The number of piperidine rings is 1.